The first-order valence-corrected chi connectivity index (χ1v) is 10.2. The highest BCUT2D eigenvalue weighted by Crippen LogP contribution is 2.14. The van der Waals surface area contributed by atoms with Crippen molar-refractivity contribution in [2.75, 3.05) is 19.7 Å². The summed E-state index contributed by atoms with van der Waals surface area (Å²) >= 11 is 1.45. The second-order valence-corrected chi connectivity index (χ2v) is 7.35. The van der Waals surface area contributed by atoms with Gasteiger partial charge < -0.3 is 15.4 Å². The van der Waals surface area contributed by atoms with Crippen molar-refractivity contribution in [2.24, 2.45) is 15.9 Å². The molecular weight excluding hydrogens is 372 g/mol. The summed E-state index contributed by atoms with van der Waals surface area (Å²) in [7, 11) is 0. The zero-order chi connectivity index (χ0) is 19.6. The van der Waals surface area contributed by atoms with Gasteiger partial charge in [0.05, 0.1) is 12.8 Å². The van der Waals surface area contributed by atoms with Gasteiger partial charge in [-0.3, -0.25) is 4.79 Å². The van der Waals surface area contributed by atoms with Crippen molar-refractivity contribution in [3.63, 3.8) is 0 Å². The molecule has 3 rings (SSSR count). The van der Waals surface area contributed by atoms with Crippen LogP contribution in [0.3, 0.4) is 0 Å². The minimum Gasteiger partial charge on any atom is -0.492 e. The Labute approximate surface area is 169 Å². The van der Waals surface area contributed by atoms with Crippen LogP contribution in [0.25, 0.3) is 0 Å². The van der Waals surface area contributed by atoms with Gasteiger partial charge in [-0.25, -0.2) is 0 Å². The van der Waals surface area contributed by atoms with Crippen LogP contribution in [0.5, 0.6) is 5.75 Å². The lowest BCUT2D eigenvalue weighted by molar-refractivity contribution is -0.128. The minimum atomic E-state index is 0.219. The van der Waals surface area contributed by atoms with E-state index in [9.17, 15) is 4.79 Å². The molecule has 1 aliphatic rings. The van der Waals surface area contributed by atoms with E-state index in [2.05, 4.69) is 22.3 Å². The third-order valence-electron chi connectivity index (χ3n) is 4.27. The molecule has 1 aliphatic heterocycles. The molecule has 1 amide bonds. The van der Waals surface area contributed by atoms with Crippen molar-refractivity contribution < 1.29 is 9.53 Å². The van der Waals surface area contributed by atoms with Gasteiger partial charge in [0, 0.05) is 18.7 Å². The number of nitrogens with zero attached hydrogens (tertiary/aromatic N) is 3. The van der Waals surface area contributed by atoms with Crippen molar-refractivity contribution in [2.45, 2.75) is 18.6 Å². The van der Waals surface area contributed by atoms with Gasteiger partial charge in [-0.05, 0) is 41.8 Å². The van der Waals surface area contributed by atoms with Crippen LogP contribution in [0.4, 0.5) is 0 Å². The van der Waals surface area contributed by atoms with Gasteiger partial charge >= 0.3 is 0 Å². The lowest BCUT2D eigenvalue weighted by Gasteiger charge is -2.15. The second-order valence-electron chi connectivity index (χ2n) is 6.36. The van der Waals surface area contributed by atoms with Gasteiger partial charge in [-0.15, -0.1) is 5.10 Å². The van der Waals surface area contributed by atoms with Crippen LogP contribution in [0, 0.1) is 0 Å². The Kier molecular flexibility index (Phi) is 7.49. The fourth-order valence-electron chi connectivity index (χ4n) is 2.78. The zero-order valence-electron chi connectivity index (χ0n) is 15.7. The van der Waals surface area contributed by atoms with Gasteiger partial charge in [0.2, 0.25) is 5.91 Å². The second kappa shape index (κ2) is 10.5. The predicted octanol–water partition coefficient (Wildman–Crippen LogP) is 3.27. The van der Waals surface area contributed by atoms with Crippen LogP contribution in [0.1, 0.15) is 24.0 Å². The molecule has 146 valence electrons. The summed E-state index contributed by atoms with van der Waals surface area (Å²) in [6.07, 6.45) is 3.26. The Bertz CT molecular complexity index is 822. The molecule has 0 saturated carbocycles. The average molecular weight is 397 g/mol. The number of thioether (sulfide) groups is 1. The number of amides is 1. The van der Waals surface area contributed by atoms with E-state index >= 15 is 0 Å². The van der Waals surface area contributed by atoms with Gasteiger partial charge in [-0.1, -0.05) is 42.1 Å². The maximum absolute atomic E-state index is 11.6. The molecule has 2 aromatic rings. The molecular formula is C21H24N4O2S. The Morgan fingerprint density at radius 1 is 1.18 bits per heavy atom. The highest BCUT2D eigenvalue weighted by atomic mass is 32.2. The molecule has 1 fully saturated rings. The van der Waals surface area contributed by atoms with Gasteiger partial charge in [0.25, 0.3) is 0 Å². The molecule has 7 heteroatoms. The van der Waals surface area contributed by atoms with E-state index in [-0.39, 0.29) is 5.91 Å². The third kappa shape index (κ3) is 6.42. The molecule has 1 saturated heterocycles. The molecule has 0 aromatic heterocycles. The zero-order valence-corrected chi connectivity index (χ0v) is 16.5. The molecule has 0 unspecified atom stereocenters. The van der Waals surface area contributed by atoms with Crippen molar-refractivity contribution in [3.8, 4) is 5.75 Å². The summed E-state index contributed by atoms with van der Waals surface area (Å²) in [4.78, 5) is 13.4. The molecule has 2 aromatic carbocycles. The van der Waals surface area contributed by atoms with Crippen LogP contribution in [-0.4, -0.2) is 41.9 Å². The van der Waals surface area contributed by atoms with Gasteiger partial charge in [-0.2, -0.15) is 5.10 Å². The molecule has 28 heavy (non-hydrogen) atoms. The molecule has 0 aliphatic carbocycles. The molecule has 1 heterocycles. The Morgan fingerprint density at radius 2 is 1.96 bits per heavy atom. The monoisotopic (exact) mass is 396 g/mol. The smallest absolute Gasteiger partial charge is 0.222 e. The van der Waals surface area contributed by atoms with Crippen LogP contribution in [-0.2, 0) is 10.5 Å². The SMILES string of the molecule is NC(=NN=Cc1ccc(OCCN2CCCC2=O)cc1)SCc1ccccc1. The van der Waals surface area contributed by atoms with Crippen LogP contribution in [0.15, 0.2) is 64.8 Å². The molecule has 6 nitrogen and oxygen atoms in total. The number of hydrogen-bond acceptors (Lipinski definition) is 5. The average Bonchev–Trinajstić information content (AvgIpc) is 3.13. The Hall–Kier alpha value is -2.80. The summed E-state index contributed by atoms with van der Waals surface area (Å²) in [6.45, 7) is 1.97. The third-order valence-corrected chi connectivity index (χ3v) is 5.13. The van der Waals surface area contributed by atoms with Gasteiger partial charge in [0.1, 0.15) is 12.4 Å². The number of rotatable bonds is 8. The number of amidine groups is 1. The van der Waals surface area contributed by atoms with E-state index in [1.165, 1.54) is 17.3 Å². The molecule has 2 N–H and O–H groups in total. The fraction of sp³-hybridized carbons (Fsp3) is 0.286. The van der Waals surface area contributed by atoms with Crippen LogP contribution < -0.4 is 10.5 Å². The number of carbonyl (C=O) groups excluding carboxylic acids is 1. The molecule has 0 radical (unpaired) electrons. The summed E-state index contributed by atoms with van der Waals surface area (Å²) in [5, 5.41) is 8.48. The number of ether oxygens (including phenoxy) is 1. The van der Waals surface area contributed by atoms with E-state index in [0.29, 0.717) is 24.7 Å². The predicted molar refractivity (Wildman–Crippen MR) is 115 cm³/mol. The number of likely N-dealkylation sites (tertiary alicyclic amines) is 1. The van der Waals surface area contributed by atoms with Crippen molar-refractivity contribution in [1.82, 2.24) is 4.90 Å². The first-order valence-electron chi connectivity index (χ1n) is 9.24. The summed E-state index contributed by atoms with van der Waals surface area (Å²) in [6, 6.07) is 17.7. The van der Waals surface area contributed by atoms with E-state index in [4.69, 9.17) is 10.5 Å². The van der Waals surface area contributed by atoms with Gasteiger partial charge in [0.15, 0.2) is 5.17 Å². The fourth-order valence-corrected chi connectivity index (χ4v) is 3.39. The summed E-state index contributed by atoms with van der Waals surface area (Å²) < 4.78 is 5.70. The largest absolute Gasteiger partial charge is 0.492 e. The highest BCUT2D eigenvalue weighted by molar-refractivity contribution is 8.13. The number of hydrogen-bond donors (Lipinski definition) is 1. The standard InChI is InChI=1S/C21H24N4O2S/c22-21(28-16-18-5-2-1-3-6-18)24-23-15-17-8-10-19(11-9-17)27-14-13-25-12-4-7-20(25)26/h1-3,5-6,8-11,15H,4,7,12-14,16H2,(H2,22,24). The quantitative estimate of drug-likeness (QED) is 0.422. The summed E-state index contributed by atoms with van der Waals surface area (Å²) in [5.41, 5.74) is 7.98. The normalized spacial score (nSPS) is 14.8. The Morgan fingerprint density at radius 3 is 2.68 bits per heavy atom. The molecule has 0 spiro atoms. The van der Waals surface area contributed by atoms with Crippen LogP contribution in [0.2, 0.25) is 0 Å². The first kappa shape index (κ1) is 19.9. The van der Waals surface area contributed by atoms with E-state index in [0.717, 1.165) is 30.0 Å². The number of carbonyl (C=O) groups is 1. The van der Waals surface area contributed by atoms with Crippen molar-refractivity contribution in [1.29, 1.82) is 0 Å². The van der Waals surface area contributed by atoms with Crippen molar-refractivity contribution >= 4 is 29.1 Å². The van der Waals surface area contributed by atoms with E-state index in [1.54, 1.807) is 6.21 Å². The highest BCUT2D eigenvalue weighted by Gasteiger charge is 2.19. The van der Waals surface area contributed by atoms with E-state index < -0.39 is 0 Å². The molecule has 0 bridgehead atoms. The van der Waals surface area contributed by atoms with Crippen LogP contribution >= 0.6 is 11.8 Å². The van der Waals surface area contributed by atoms with Crippen molar-refractivity contribution in [3.05, 3.63) is 65.7 Å². The lowest BCUT2D eigenvalue weighted by atomic mass is 10.2. The Balaban J connectivity index is 1.41. The first-order chi connectivity index (χ1) is 13.7. The topological polar surface area (TPSA) is 80.3 Å². The maximum Gasteiger partial charge on any atom is 0.222 e. The van der Waals surface area contributed by atoms with E-state index in [1.807, 2.05) is 47.4 Å². The lowest BCUT2D eigenvalue weighted by Crippen LogP contribution is -2.29. The molecule has 0 atom stereocenters. The number of benzene rings is 2. The summed E-state index contributed by atoms with van der Waals surface area (Å²) in [5.74, 6) is 1.75. The number of nitrogens with two attached hydrogens (primary N) is 1. The minimum absolute atomic E-state index is 0.219. The maximum atomic E-state index is 11.6.